The molecule has 0 aliphatic heterocycles. The van der Waals surface area contributed by atoms with E-state index in [-0.39, 0.29) is 23.7 Å². The van der Waals surface area contributed by atoms with Crippen molar-refractivity contribution in [2.24, 2.45) is 0 Å². The number of nitrogens with one attached hydrogen (secondary N) is 1. The van der Waals surface area contributed by atoms with Gasteiger partial charge in [-0.3, -0.25) is 18.6 Å². The highest BCUT2D eigenvalue weighted by Gasteiger charge is 2.16. The Morgan fingerprint density at radius 3 is 2.67 bits per heavy atom. The Morgan fingerprint density at radius 1 is 1.11 bits per heavy atom. The van der Waals surface area contributed by atoms with Gasteiger partial charge in [-0.25, -0.2) is 0 Å². The molecule has 0 fully saturated rings. The van der Waals surface area contributed by atoms with Crippen molar-refractivity contribution in [1.82, 2.24) is 19.2 Å². The van der Waals surface area contributed by atoms with Crippen LogP contribution >= 0.6 is 0 Å². The van der Waals surface area contributed by atoms with E-state index in [1.54, 1.807) is 48.8 Å². The number of aromatic nitrogens is 4. The average Bonchev–Trinajstić information content (AvgIpc) is 3.07. The first kappa shape index (κ1) is 16.8. The molecule has 2 aromatic heterocycles. The first-order valence-corrected chi connectivity index (χ1v) is 8.35. The molecule has 0 spiro atoms. The number of carbonyl (C=O) groups is 1. The van der Waals surface area contributed by atoms with Gasteiger partial charge in [-0.2, -0.15) is 0 Å². The number of amides is 1. The van der Waals surface area contributed by atoms with Gasteiger partial charge in [0.1, 0.15) is 18.1 Å². The molecular weight excluding hydrogens is 346 g/mol. The Hall–Kier alpha value is -3.68. The standard InChI is InChI=1S/C19H17N5O3/c1-12-21-22-18-19(26)23(15-8-3-4-9-16(15)24(12)18)11-17(25)20-13-6-5-7-14(10-13)27-2/h3-10H,11H2,1-2H3,(H,20,25). The summed E-state index contributed by atoms with van der Waals surface area (Å²) < 4.78 is 8.27. The van der Waals surface area contributed by atoms with Crippen molar-refractivity contribution >= 4 is 28.3 Å². The van der Waals surface area contributed by atoms with Crippen LogP contribution in [0, 0.1) is 6.92 Å². The molecule has 0 saturated heterocycles. The average molecular weight is 363 g/mol. The molecule has 136 valence electrons. The maximum Gasteiger partial charge on any atom is 0.297 e. The highest BCUT2D eigenvalue weighted by Crippen LogP contribution is 2.18. The molecule has 0 bridgehead atoms. The molecule has 0 atom stereocenters. The summed E-state index contributed by atoms with van der Waals surface area (Å²) in [5, 5.41) is 10.8. The van der Waals surface area contributed by atoms with Crippen LogP contribution in [0.4, 0.5) is 5.69 Å². The summed E-state index contributed by atoms with van der Waals surface area (Å²) in [6.07, 6.45) is 0. The second-order valence-corrected chi connectivity index (χ2v) is 6.07. The van der Waals surface area contributed by atoms with Crippen molar-refractivity contribution in [3.05, 3.63) is 64.7 Å². The number of hydrogen-bond acceptors (Lipinski definition) is 5. The number of ether oxygens (including phenoxy) is 1. The number of anilines is 1. The number of nitrogens with zero attached hydrogens (tertiary/aromatic N) is 4. The van der Waals surface area contributed by atoms with Gasteiger partial charge in [-0.05, 0) is 31.2 Å². The summed E-state index contributed by atoms with van der Waals surface area (Å²) in [5.74, 6) is 0.929. The van der Waals surface area contributed by atoms with Crippen molar-refractivity contribution in [1.29, 1.82) is 0 Å². The first-order chi connectivity index (χ1) is 13.1. The van der Waals surface area contributed by atoms with Gasteiger partial charge in [0.05, 0.1) is 18.1 Å². The van der Waals surface area contributed by atoms with Crippen LogP contribution in [0.1, 0.15) is 5.82 Å². The number of aryl methyl sites for hydroxylation is 1. The molecule has 2 heterocycles. The van der Waals surface area contributed by atoms with Gasteiger partial charge < -0.3 is 10.1 Å². The van der Waals surface area contributed by atoms with Crippen molar-refractivity contribution < 1.29 is 9.53 Å². The molecule has 8 nitrogen and oxygen atoms in total. The Morgan fingerprint density at radius 2 is 1.89 bits per heavy atom. The van der Waals surface area contributed by atoms with E-state index in [0.29, 0.717) is 22.8 Å². The lowest BCUT2D eigenvalue weighted by molar-refractivity contribution is -0.116. The largest absolute Gasteiger partial charge is 0.497 e. The molecule has 8 heteroatoms. The summed E-state index contributed by atoms with van der Waals surface area (Å²) in [4.78, 5) is 25.4. The highest BCUT2D eigenvalue weighted by molar-refractivity contribution is 5.92. The summed E-state index contributed by atoms with van der Waals surface area (Å²) in [5.41, 5.74) is 1.83. The monoisotopic (exact) mass is 363 g/mol. The van der Waals surface area contributed by atoms with Crippen LogP contribution in [0.2, 0.25) is 0 Å². The zero-order valence-electron chi connectivity index (χ0n) is 14.8. The third-order valence-corrected chi connectivity index (χ3v) is 4.33. The molecule has 27 heavy (non-hydrogen) atoms. The molecular formula is C19H17N5O3. The van der Waals surface area contributed by atoms with E-state index in [1.807, 2.05) is 18.2 Å². The lowest BCUT2D eigenvalue weighted by atomic mass is 10.2. The molecule has 1 N–H and O–H groups in total. The van der Waals surface area contributed by atoms with Crippen molar-refractivity contribution in [3.63, 3.8) is 0 Å². The Balaban J connectivity index is 1.75. The number of methoxy groups -OCH3 is 1. The van der Waals surface area contributed by atoms with Gasteiger partial charge in [0.15, 0.2) is 0 Å². The minimum Gasteiger partial charge on any atom is -0.497 e. The predicted molar refractivity (Wildman–Crippen MR) is 101 cm³/mol. The van der Waals surface area contributed by atoms with Crippen LogP contribution in [0.15, 0.2) is 53.3 Å². The van der Waals surface area contributed by atoms with E-state index >= 15 is 0 Å². The number of rotatable bonds is 4. The first-order valence-electron chi connectivity index (χ1n) is 8.35. The normalized spacial score (nSPS) is 11.0. The van der Waals surface area contributed by atoms with Crippen molar-refractivity contribution in [2.45, 2.75) is 13.5 Å². The van der Waals surface area contributed by atoms with Crippen LogP contribution < -0.4 is 15.6 Å². The van der Waals surface area contributed by atoms with E-state index < -0.39 is 0 Å². The summed E-state index contributed by atoms with van der Waals surface area (Å²) in [6, 6.07) is 14.4. The molecule has 0 aliphatic carbocycles. The summed E-state index contributed by atoms with van der Waals surface area (Å²) >= 11 is 0. The quantitative estimate of drug-likeness (QED) is 0.599. The van der Waals surface area contributed by atoms with E-state index in [4.69, 9.17) is 4.74 Å². The molecule has 0 saturated carbocycles. The Labute approximate surface area is 154 Å². The zero-order chi connectivity index (χ0) is 19.0. The minimum absolute atomic E-state index is 0.140. The van der Waals surface area contributed by atoms with Gasteiger partial charge in [-0.15, -0.1) is 10.2 Å². The maximum absolute atomic E-state index is 12.9. The van der Waals surface area contributed by atoms with E-state index in [0.717, 1.165) is 5.52 Å². The van der Waals surface area contributed by atoms with Gasteiger partial charge in [-0.1, -0.05) is 18.2 Å². The van der Waals surface area contributed by atoms with Gasteiger partial charge >= 0.3 is 0 Å². The molecule has 0 aliphatic rings. The fourth-order valence-electron chi connectivity index (χ4n) is 3.10. The second kappa shape index (κ2) is 6.56. The third kappa shape index (κ3) is 2.91. The van der Waals surface area contributed by atoms with Crippen LogP contribution in [-0.2, 0) is 11.3 Å². The van der Waals surface area contributed by atoms with Crippen LogP contribution in [0.3, 0.4) is 0 Å². The Kier molecular flexibility index (Phi) is 4.08. The number of benzene rings is 2. The number of hydrogen-bond donors (Lipinski definition) is 1. The lowest BCUT2D eigenvalue weighted by Crippen LogP contribution is -2.29. The number of fused-ring (bicyclic) bond motifs is 3. The SMILES string of the molecule is COc1cccc(NC(=O)Cn2c(=O)c3nnc(C)n3c3ccccc32)c1. The molecule has 4 aromatic rings. The fourth-order valence-corrected chi connectivity index (χ4v) is 3.10. The van der Waals surface area contributed by atoms with Gasteiger partial charge in [0, 0.05) is 11.8 Å². The lowest BCUT2D eigenvalue weighted by Gasteiger charge is -2.12. The van der Waals surface area contributed by atoms with Crippen LogP contribution in [0.25, 0.3) is 16.7 Å². The summed E-state index contributed by atoms with van der Waals surface area (Å²) in [6.45, 7) is 1.64. The fraction of sp³-hybridized carbons (Fsp3) is 0.158. The minimum atomic E-state index is -0.366. The smallest absolute Gasteiger partial charge is 0.297 e. The number of para-hydroxylation sites is 2. The summed E-state index contributed by atoms with van der Waals surface area (Å²) in [7, 11) is 1.56. The third-order valence-electron chi connectivity index (χ3n) is 4.33. The van der Waals surface area contributed by atoms with Gasteiger partial charge in [0.25, 0.3) is 5.56 Å². The van der Waals surface area contributed by atoms with Gasteiger partial charge in [0.2, 0.25) is 11.6 Å². The molecule has 0 unspecified atom stereocenters. The topological polar surface area (TPSA) is 90.5 Å². The van der Waals surface area contributed by atoms with E-state index in [1.165, 1.54) is 4.57 Å². The molecule has 4 rings (SSSR count). The van der Waals surface area contributed by atoms with Crippen molar-refractivity contribution in [2.75, 3.05) is 12.4 Å². The Bertz CT molecular complexity index is 1230. The predicted octanol–water partition coefficient (Wildman–Crippen LogP) is 2.00. The maximum atomic E-state index is 12.9. The van der Waals surface area contributed by atoms with Crippen LogP contribution in [0.5, 0.6) is 5.75 Å². The zero-order valence-corrected chi connectivity index (χ0v) is 14.8. The highest BCUT2D eigenvalue weighted by atomic mass is 16.5. The van der Waals surface area contributed by atoms with E-state index in [9.17, 15) is 9.59 Å². The molecule has 0 radical (unpaired) electrons. The van der Waals surface area contributed by atoms with Crippen LogP contribution in [-0.4, -0.2) is 32.2 Å². The second-order valence-electron chi connectivity index (χ2n) is 6.07. The molecule has 2 aromatic carbocycles. The van der Waals surface area contributed by atoms with Crippen molar-refractivity contribution in [3.8, 4) is 5.75 Å². The molecule has 1 amide bonds. The number of carbonyl (C=O) groups excluding carboxylic acids is 1. The van der Waals surface area contributed by atoms with E-state index in [2.05, 4.69) is 15.5 Å².